The van der Waals surface area contributed by atoms with Gasteiger partial charge in [0.05, 0.1) is 12.0 Å². The van der Waals surface area contributed by atoms with Gasteiger partial charge in [0.2, 0.25) is 4.75 Å². The fraction of sp³-hybridized carbons (Fsp3) is 0.857. The van der Waals surface area contributed by atoms with Crippen LogP contribution in [0.5, 0.6) is 0 Å². The SMILES string of the molecule is CC(SOO[O-])(C(=O)OC12CC3CC(C1)C(=O)C(C3)C2)C(F)(F)F. The molecule has 0 aliphatic heterocycles. The molecule has 0 saturated heterocycles. The van der Waals surface area contributed by atoms with Gasteiger partial charge in [0.15, 0.2) is 0 Å². The Morgan fingerprint density at radius 2 is 1.83 bits per heavy atom. The summed E-state index contributed by atoms with van der Waals surface area (Å²) in [4.78, 5) is 24.4. The number of ketones is 1. The molecule has 0 spiro atoms. The molecular weight excluding hydrogens is 353 g/mol. The normalized spacial score (nSPS) is 37.4. The van der Waals surface area contributed by atoms with Crippen LogP contribution in [0.3, 0.4) is 0 Å². The molecule has 0 radical (unpaired) electrons. The molecule has 4 fully saturated rings. The number of rotatable bonds is 5. The zero-order valence-corrected chi connectivity index (χ0v) is 13.6. The Morgan fingerprint density at radius 1 is 1.25 bits per heavy atom. The molecule has 24 heavy (non-hydrogen) atoms. The minimum Gasteiger partial charge on any atom is -0.691 e. The van der Waals surface area contributed by atoms with Crippen LogP contribution in [-0.4, -0.2) is 28.3 Å². The highest BCUT2D eigenvalue weighted by Gasteiger charge is 2.64. The summed E-state index contributed by atoms with van der Waals surface area (Å²) < 4.78 is 45.9. The van der Waals surface area contributed by atoms with E-state index in [9.17, 15) is 28.0 Å². The highest BCUT2D eigenvalue weighted by molar-refractivity contribution is 7.96. The average Bonchev–Trinajstić information content (AvgIpc) is 2.47. The fourth-order valence-corrected chi connectivity index (χ4v) is 4.74. The lowest BCUT2D eigenvalue weighted by atomic mass is 9.53. The van der Waals surface area contributed by atoms with E-state index in [4.69, 9.17) is 4.74 Å². The number of carbonyl (C=O) groups excluding carboxylic acids is 2. The highest BCUT2D eigenvalue weighted by Crippen LogP contribution is 2.56. The van der Waals surface area contributed by atoms with Crippen LogP contribution in [0, 0.1) is 17.8 Å². The molecular formula is C14H16F3O6S-. The van der Waals surface area contributed by atoms with Gasteiger partial charge in [-0.2, -0.15) is 17.5 Å². The molecule has 0 aromatic rings. The van der Waals surface area contributed by atoms with Gasteiger partial charge in [-0.15, -0.1) is 0 Å². The Labute approximate surface area is 140 Å². The van der Waals surface area contributed by atoms with Crippen LogP contribution >= 0.6 is 12.0 Å². The predicted molar refractivity (Wildman–Crippen MR) is 71.6 cm³/mol. The van der Waals surface area contributed by atoms with E-state index in [-0.39, 0.29) is 36.4 Å². The third kappa shape index (κ3) is 2.83. The Bertz CT molecular complexity index is 535. The maximum Gasteiger partial charge on any atom is 0.415 e. The van der Waals surface area contributed by atoms with Crippen molar-refractivity contribution in [1.82, 2.24) is 0 Å². The Kier molecular flexibility index (Phi) is 4.38. The van der Waals surface area contributed by atoms with Gasteiger partial charge in [0.25, 0.3) is 0 Å². The fourth-order valence-electron chi connectivity index (χ4n) is 4.37. The number of esters is 1. The topological polar surface area (TPSA) is 84.9 Å². The number of ether oxygens (including phenoxy) is 1. The van der Waals surface area contributed by atoms with Gasteiger partial charge in [0, 0.05) is 11.8 Å². The predicted octanol–water partition coefficient (Wildman–Crippen LogP) is 1.87. The molecule has 0 aromatic carbocycles. The van der Waals surface area contributed by atoms with Crippen molar-refractivity contribution in [3.8, 4) is 0 Å². The molecule has 3 unspecified atom stereocenters. The number of carbonyl (C=O) groups is 2. The van der Waals surface area contributed by atoms with Gasteiger partial charge >= 0.3 is 12.1 Å². The molecule has 0 heterocycles. The van der Waals surface area contributed by atoms with E-state index in [2.05, 4.69) is 9.37 Å². The van der Waals surface area contributed by atoms with E-state index in [1.165, 1.54) is 0 Å². The zero-order chi connectivity index (χ0) is 17.8. The van der Waals surface area contributed by atoms with Crippen LogP contribution in [0.2, 0.25) is 0 Å². The van der Waals surface area contributed by atoms with Crippen molar-refractivity contribution >= 4 is 23.8 Å². The maximum atomic E-state index is 13.3. The van der Waals surface area contributed by atoms with Crippen molar-refractivity contribution in [3.05, 3.63) is 0 Å². The molecule has 10 heteroatoms. The molecule has 4 bridgehead atoms. The van der Waals surface area contributed by atoms with Crippen molar-refractivity contribution < 1.29 is 42.1 Å². The molecule has 0 N–H and O–H groups in total. The van der Waals surface area contributed by atoms with E-state index in [1.54, 1.807) is 0 Å². The smallest absolute Gasteiger partial charge is 0.415 e. The van der Waals surface area contributed by atoms with Crippen LogP contribution in [-0.2, 0) is 23.7 Å². The highest BCUT2D eigenvalue weighted by atomic mass is 32.2. The average molecular weight is 369 g/mol. The first-order valence-corrected chi connectivity index (χ1v) is 8.32. The summed E-state index contributed by atoms with van der Waals surface area (Å²) in [5, 5.41) is 12.8. The van der Waals surface area contributed by atoms with Crippen LogP contribution in [0.1, 0.15) is 39.0 Å². The molecule has 0 amide bonds. The third-order valence-corrected chi connectivity index (χ3v) is 6.26. The number of hydrogen-bond donors (Lipinski definition) is 0. The summed E-state index contributed by atoms with van der Waals surface area (Å²) in [6.45, 7) is 0.574. The summed E-state index contributed by atoms with van der Waals surface area (Å²) in [7, 11) is 0. The van der Waals surface area contributed by atoms with E-state index < -0.39 is 34.5 Å². The molecule has 4 aliphatic rings. The Hall–Kier alpha value is -0.840. The third-order valence-electron chi connectivity index (χ3n) is 5.41. The number of alkyl halides is 3. The van der Waals surface area contributed by atoms with Crippen LogP contribution in [0.25, 0.3) is 0 Å². The van der Waals surface area contributed by atoms with Crippen LogP contribution in [0.4, 0.5) is 13.2 Å². The Morgan fingerprint density at radius 3 is 2.33 bits per heavy atom. The largest absolute Gasteiger partial charge is 0.691 e. The molecule has 4 rings (SSSR count). The lowest BCUT2D eigenvalue weighted by molar-refractivity contribution is -0.777. The van der Waals surface area contributed by atoms with Crippen molar-refractivity contribution in [3.63, 3.8) is 0 Å². The molecule has 136 valence electrons. The quantitative estimate of drug-likeness (QED) is 0.317. The van der Waals surface area contributed by atoms with Crippen molar-refractivity contribution in [1.29, 1.82) is 0 Å². The van der Waals surface area contributed by atoms with Gasteiger partial charge in [0.1, 0.15) is 11.4 Å². The standard InChI is InChI=1S/C14H17F3O6S/c1-12(14(15,16)17,24-23-22-20)11(19)21-13-4-7-2-8(5-13)10(18)9(3-7)6-13/h7-9,20H,2-6H2,1H3/p-1. The second-order valence-corrected chi connectivity index (χ2v) is 8.19. The first-order chi connectivity index (χ1) is 11.1. The summed E-state index contributed by atoms with van der Waals surface area (Å²) in [5.41, 5.74) is -1.03. The van der Waals surface area contributed by atoms with Gasteiger partial charge < -0.3 is 9.99 Å². The Balaban J connectivity index is 1.79. The second-order valence-electron chi connectivity index (χ2n) is 7.07. The van der Waals surface area contributed by atoms with E-state index >= 15 is 0 Å². The van der Waals surface area contributed by atoms with Gasteiger partial charge in [-0.3, -0.25) is 14.6 Å². The molecule has 4 aliphatic carbocycles. The summed E-state index contributed by atoms with van der Waals surface area (Å²) in [5.74, 6) is -1.69. The van der Waals surface area contributed by atoms with Crippen LogP contribution in [0.15, 0.2) is 0 Å². The first-order valence-electron chi connectivity index (χ1n) is 7.58. The van der Waals surface area contributed by atoms with E-state index in [0.29, 0.717) is 26.2 Å². The summed E-state index contributed by atoms with van der Waals surface area (Å²) in [6, 6.07) is 0. The number of hydrogen-bond acceptors (Lipinski definition) is 7. The first kappa shape index (κ1) is 18.0. The van der Waals surface area contributed by atoms with Gasteiger partial charge in [-0.05, 0) is 44.9 Å². The number of Topliss-reactive ketones (excluding diaryl/α,β-unsaturated/α-hetero) is 1. The lowest BCUT2D eigenvalue weighted by Gasteiger charge is -2.55. The van der Waals surface area contributed by atoms with Crippen molar-refractivity contribution in [2.45, 2.75) is 55.6 Å². The van der Waals surface area contributed by atoms with E-state index in [1.807, 2.05) is 0 Å². The molecule has 4 saturated carbocycles. The monoisotopic (exact) mass is 369 g/mol. The maximum absolute atomic E-state index is 13.3. The lowest BCUT2D eigenvalue weighted by Crippen LogP contribution is -2.59. The van der Waals surface area contributed by atoms with Crippen LogP contribution < -0.4 is 5.26 Å². The zero-order valence-electron chi connectivity index (χ0n) is 12.8. The number of halogens is 3. The molecule has 6 nitrogen and oxygen atoms in total. The molecule has 0 aromatic heterocycles. The summed E-state index contributed by atoms with van der Waals surface area (Å²) in [6.07, 6.45) is -2.58. The van der Waals surface area contributed by atoms with Crippen molar-refractivity contribution in [2.75, 3.05) is 0 Å². The van der Waals surface area contributed by atoms with Gasteiger partial charge in [-0.1, -0.05) is 0 Å². The van der Waals surface area contributed by atoms with Crippen molar-refractivity contribution in [2.24, 2.45) is 17.8 Å². The minimum atomic E-state index is -5.01. The van der Waals surface area contributed by atoms with E-state index in [0.717, 1.165) is 0 Å². The van der Waals surface area contributed by atoms with Gasteiger partial charge in [-0.25, -0.2) is 0 Å². The summed E-state index contributed by atoms with van der Waals surface area (Å²) >= 11 is -0.433. The second kappa shape index (κ2) is 5.86. The minimum absolute atomic E-state index is 0.133. The molecule has 3 atom stereocenters.